The molecule has 1 unspecified atom stereocenters. The van der Waals surface area contributed by atoms with E-state index in [0.717, 1.165) is 109 Å². The van der Waals surface area contributed by atoms with Crippen molar-refractivity contribution in [1.82, 2.24) is 0 Å². The van der Waals surface area contributed by atoms with E-state index in [0.29, 0.717) is 19.3 Å². The monoisotopic (exact) mass is 1000 g/mol. The summed E-state index contributed by atoms with van der Waals surface area (Å²) in [7, 11) is 0. The molecule has 0 aromatic carbocycles. The average Bonchev–Trinajstić information content (AvgIpc) is 3.38. The molecule has 0 fully saturated rings. The molecular weight excluding hydrogens is 889 g/mol. The first-order chi connectivity index (χ1) is 35.5. The molecule has 0 aliphatic carbocycles. The van der Waals surface area contributed by atoms with Crippen LogP contribution >= 0.6 is 0 Å². The molecule has 6 heteroatoms. The van der Waals surface area contributed by atoms with Crippen LogP contribution in [0.3, 0.4) is 0 Å². The molecule has 6 nitrogen and oxygen atoms in total. The van der Waals surface area contributed by atoms with Gasteiger partial charge in [0.2, 0.25) is 0 Å². The highest BCUT2D eigenvalue weighted by atomic mass is 16.6. The number of allylic oxidation sites excluding steroid dienone is 12. The zero-order valence-electron chi connectivity index (χ0n) is 47.7. The maximum Gasteiger partial charge on any atom is 0.306 e. The molecule has 1 atom stereocenters. The first-order valence-electron chi connectivity index (χ1n) is 30.9. The van der Waals surface area contributed by atoms with E-state index in [4.69, 9.17) is 14.2 Å². The van der Waals surface area contributed by atoms with Crippen molar-refractivity contribution in [2.75, 3.05) is 13.2 Å². The lowest BCUT2D eigenvalue weighted by Gasteiger charge is -2.18. The summed E-state index contributed by atoms with van der Waals surface area (Å²) in [6.45, 7) is 6.50. The van der Waals surface area contributed by atoms with Gasteiger partial charge in [-0.25, -0.2) is 0 Å². The maximum absolute atomic E-state index is 12.8. The van der Waals surface area contributed by atoms with Crippen molar-refractivity contribution in [1.29, 1.82) is 0 Å². The lowest BCUT2D eigenvalue weighted by atomic mass is 10.0. The smallest absolute Gasteiger partial charge is 0.306 e. The number of esters is 3. The number of rotatable bonds is 56. The van der Waals surface area contributed by atoms with Gasteiger partial charge in [-0.2, -0.15) is 0 Å². The highest BCUT2D eigenvalue weighted by Gasteiger charge is 2.19. The van der Waals surface area contributed by atoms with Gasteiger partial charge < -0.3 is 14.2 Å². The molecule has 0 saturated heterocycles. The van der Waals surface area contributed by atoms with Gasteiger partial charge in [-0.3, -0.25) is 14.4 Å². The van der Waals surface area contributed by atoms with E-state index in [1.165, 1.54) is 161 Å². The molecule has 72 heavy (non-hydrogen) atoms. The van der Waals surface area contributed by atoms with Crippen LogP contribution in [0.2, 0.25) is 0 Å². The van der Waals surface area contributed by atoms with E-state index in [-0.39, 0.29) is 31.1 Å². The molecule has 0 heterocycles. The molecule has 0 spiro atoms. The second-order valence-corrected chi connectivity index (χ2v) is 20.6. The zero-order valence-corrected chi connectivity index (χ0v) is 47.7. The fourth-order valence-corrected chi connectivity index (χ4v) is 8.82. The number of ether oxygens (including phenoxy) is 3. The van der Waals surface area contributed by atoms with Gasteiger partial charge in [-0.15, -0.1) is 0 Å². The summed E-state index contributed by atoms with van der Waals surface area (Å²) >= 11 is 0. The van der Waals surface area contributed by atoms with Crippen molar-refractivity contribution in [2.45, 2.75) is 316 Å². The van der Waals surface area contributed by atoms with Crippen LogP contribution in [0, 0.1) is 0 Å². The predicted molar refractivity (Wildman–Crippen MR) is 311 cm³/mol. The molecule has 0 bridgehead atoms. The molecule has 416 valence electrons. The largest absolute Gasteiger partial charge is 0.462 e. The van der Waals surface area contributed by atoms with E-state index in [1.807, 2.05) is 0 Å². The fourth-order valence-electron chi connectivity index (χ4n) is 8.82. The summed E-state index contributed by atoms with van der Waals surface area (Å²) in [6.07, 6.45) is 77.7. The molecule has 0 aromatic heterocycles. The van der Waals surface area contributed by atoms with Crippen molar-refractivity contribution in [3.63, 3.8) is 0 Å². The highest BCUT2D eigenvalue weighted by molar-refractivity contribution is 5.71. The highest BCUT2D eigenvalue weighted by Crippen LogP contribution is 2.17. The molecular formula is C66H116O6. The Labute approximate surface area is 446 Å². The second-order valence-electron chi connectivity index (χ2n) is 20.6. The van der Waals surface area contributed by atoms with Crippen LogP contribution in [0.25, 0.3) is 0 Å². The van der Waals surface area contributed by atoms with E-state index in [2.05, 4.69) is 93.7 Å². The Morgan fingerprint density at radius 1 is 0.292 bits per heavy atom. The Morgan fingerprint density at radius 2 is 0.542 bits per heavy atom. The van der Waals surface area contributed by atoms with Gasteiger partial charge in [0.05, 0.1) is 0 Å². The Kier molecular flexibility index (Phi) is 57.8. The van der Waals surface area contributed by atoms with E-state index in [1.54, 1.807) is 0 Å². The van der Waals surface area contributed by atoms with Gasteiger partial charge in [0.25, 0.3) is 0 Å². The van der Waals surface area contributed by atoms with Crippen LogP contribution in [0.1, 0.15) is 310 Å². The lowest BCUT2D eigenvalue weighted by Crippen LogP contribution is -2.30. The summed E-state index contributed by atoms with van der Waals surface area (Å²) < 4.78 is 16.9. The summed E-state index contributed by atoms with van der Waals surface area (Å²) in [5, 5.41) is 0. The van der Waals surface area contributed by atoms with Crippen molar-refractivity contribution < 1.29 is 28.6 Å². The quantitative estimate of drug-likeness (QED) is 0.0261. The molecule has 0 rings (SSSR count). The molecule has 0 radical (unpaired) electrons. The number of carbonyl (C=O) groups excluding carboxylic acids is 3. The van der Waals surface area contributed by atoms with Crippen LogP contribution < -0.4 is 0 Å². The van der Waals surface area contributed by atoms with Gasteiger partial charge in [-0.05, 0) is 89.9 Å². The Bertz CT molecular complexity index is 1340. The van der Waals surface area contributed by atoms with Gasteiger partial charge in [0.1, 0.15) is 13.2 Å². The number of hydrogen-bond donors (Lipinski definition) is 0. The van der Waals surface area contributed by atoms with Crippen LogP contribution in [0.5, 0.6) is 0 Å². The fraction of sp³-hybridized carbons (Fsp3) is 0.773. The van der Waals surface area contributed by atoms with Gasteiger partial charge in [0, 0.05) is 19.3 Å². The topological polar surface area (TPSA) is 78.9 Å². The SMILES string of the molecule is CC/C=C\C/C=C\C/C=C\C/C=C\CCCCCCCCCCCCCCCCCCC(=O)OCC(COC(=O)CCCCCCCCCCCC)OC(=O)CCCCCCC/C=C\C/C=C\CCCCC. The van der Waals surface area contributed by atoms with Crippen LogP contribution in [-0.2, 0) is 28.6 Å². The molecule has 0 aliphatic heterocycles. The summed E-state index contributed by atoms with van der Waals surface area (Å²) in [5.41, 5.74) is 0. The molecule has 0 N–H and O–H groups in total. The van der Waals surface area contributed by atoms with Crippen LogP contribution in [0.4, 0.5) is 0 Å². The minimum Gasteiger partial charge on any atom is -0.462 e. The van der Waals surface area contributed by atoms with Crippen molar-refractivity contribution in [3.8, 4) is 0 Å². The van der Waals surface area contributed by atoms with Crippen molar-refractivity contribution in [2.24, 2.45) is 0 Å². The van der Waals surface area contributed by atoms with Gasteiger partial charge in [0.15, 0.2) is 6.10 Å². The first-order valence-corrected chi connectivity index (χ1v) is 30.9. The minimum absolute atomic E-state index is 0.0770. The summed E-state index contributed by atoms with van der Waals surface area (Å²) in [5.74, 6) is -0.880. The third-order valence-corrected chi connectivity index (χ3v) is 13.4. The van der Waals surface area contributed by atoms with E-state index < -0.39 is 6.10 Å². The molecule has 0 amide bonds. The van der Waals surface area contributed by atoms with Gasteiger partial charge >= 0.3 is 17.9 Å². The normalized spacial score (nSPS) is 12.5. The zero-order chi connectivity index (χ0) is 52.2. The van der Waals surface area contributed by atoms with E-state index in [9.17, 15) is 14.4 Å². The second kappa shape index (κ2) is 60.4. The molecule has 0 aromatic rings. The molecule has 0 saturated carbocycles. The van der Waals surface area contributed by atoms with Crippen molar-refractivity contribution in [3.05, 3.63) is 72.9 Å². The Balaban J connectivity index is 4.15. The number of unbranched alkanes of at least 4 members (excludes halogenated alkanes) is 33. The summed E-state index contributed by atoms with van der Waals surface area (Å²) in [6, 6.07) is 0. The maximum atomic E-state index is 12.8. The minimum atomic E-state index is -0.779. The third kappa shape index (κ3) is 57.7. The lowest BCUT2D eigenvalue weighted by molar-refractivity contribution is -0.167. The Morgan fingerprint density at radius 3 is 0.875 bits per heavy atom. The number of hydrogen-bond acceptors (Lipinski definition) is 6. The standard InChI is InChI=1S/C66H116O6/c1-4-7-10-13-16-19-22-24-26-27-28-29-30-31-32-33-34-35-36-37-38-39-41-42-44-47-50-53-56-59-65(68)71-62-63(61-70-64(67)58-55-52-49-46-21-18-15-12-9-6-3)72-66(69)60-57-54-51-48-45-43-40-25-23-20-17-14-11-8-5-2/h7,10,16-17,19-20,24-26,28-29,40,63H,4-6,8-9,11-15,18,21-23,27,30-39,41-62H2,1-3H3/b10-7-,19-16-,20-17-,26-24-,29-28-,40-25-. The summed E-state index contributed by atoms with van der Waals surface area (Å²) in [4.78, 5) is 38.1. The first kappa shape index (κ1) is 68.8. The van der Waals surface area contributed by atoms with Crippen LogP contribution in [-0.4, -0.2) is 37.2 Å². The Hall–Kier alpha value is -3.15. The number of carbonyl (C=O) groups is 3. The van der Waals surface area contributed by atoms with E-state index >= 15 is 0 Å². The van der Waals surface area contributed by atoms with Gasteiger partial charge in [-0.1, -0.05) is 273 Å². The predicted octanol–water partition coefficient (Wildman–Crippen LogP) is 20.9. The average molecular weight is 1010 g/mol. The van der Waals surface area contributed by atoms with Crippen molar-refractivity contribution >= 4 is 17.9 Å². The van der Waals surface area contributed by atoms with Crippen LogP contribution in [0.15, 0.2) is 72.9 Å². The third-order valence-electron chi connectivity index (χ3n) is 13.4. The molecule has 0 aliphatic rings.